The number of rotatable bonds is 3. The molecule has 0 radical (unpaired) electrons. The van der Waals surface area contributed by atoms with Crippen LogP contribution in [0.3, 0.4) is 0 Å². The van der Waals surface area contributed by atoms with Crippen LogP contribution in [0.1, 0.15) is 5.56 Å². The van der Waals surface area contributed by atoms with E-state index in [0.29, 0.717) is 21.4 Å². The number of hydrogen-bond acceptors (Lipinski definition) is 4. The summed E-state index contributed by atoms with van der Waals surface area (Å²) in [5.41, 5.74) is 7.23. The zero-order valence-corrected chi connectivity index (χ0v) is 13.6. The molecule has 0 unspecified atom stereocenters. The van der Waals surface area contributed by atoms with Crippen molar-refractivity contribution in [2.24, 2.45) is 0 Å². The first-order valence-corrected chi connectivity index (χ1v) is 8.15. The molecule has 1 aromatic heterocycles. The molecule has 5 nitrogen and oxygen atoms in total. The first kappa shape index (κ1) is 15.1. The van der Waals surface area contributed by atoms with E-state index in [1.165, 1.54) is 24.4 Å². The molecule has 0 saturated heterocycles. The molecule has 0 aliphatic carbocycles. The molecule has 0 saturated carbocycles. The SMILES string of the molecule is Cc1cc(S(=O)(=O)Nc2cnc(Cl)c(Br)c2)ccc1N. The minimum absolute atomic E-state index is 0.135. The van der Waals surface area contributed by atoms with Gasteiger partial charge in [0, 0.05) is 5.69 Å². The Hall–Kier alpha value is -1.31. The van der Waals surface area contributed by atoms with Crippen molar-refractivity contribution in [3.63, 3.8) is 0 Å². The number of sulfonamides is 1. The topological polar surface area (TPSA) is 85.1 Å². The van der Waals surface area contributed by atoms with Gasteiger partial charge in [0.2, 0.25) is 0 Å². The van der Waals surface area contributed by atoms with Gasteiger partial charge in [-0.1, -0.05) is 11.6 Å². The van der Waals surface area contributed by atoms with E-state index < -0.39 is 10.0 Å². The molecule has 0 aliphatic heterocycles. The molecule has 0 amide bonds. The Labute approximate surface area is 130 Å². The lowest BCUT2D eigenvalue weighted by Gasteiger charge is -2.10. The minimum atomic E-state index is -3.69. The first-order chi connectivity index (χ1) is 9.29. The van der Waals surface area contributed by atoms with Gasteiger partial charge in [0.05, 0.1) is 21.3 Å². The second-order valence-electron chi connectivity index (χ2n) is 4.12. The minimum Gasteiger partial charge on any atom is -0.399 e. The zero-order chi connectivity index (χ0) is 14.9. The van der Waals surface area contributed by atoms with E-state index in [9.17, 15) is 8.42 Å². The van der Waals surface area contributed by atoms with E-state index in [4.69, 9.17) is 17.3 Å². The van der Waals surface area contributed by atoms with Gasteiger partial charge in [0.1, 0.15) is 5.15 Å². The smallest absolute Gasteiger partial charge is 0.261 e. The molecule has 20 heavy (non-hydrogen) atoms. The van der Waals surface area contributed by atoms with Gasteiger partial charge in [-0.3, -0.25) is 4.72 Å². The zero-order valence-electron chi connectivity index (χ0n) is 10.4. The summed E-state index contributed by atoms with van der Waals surface area (Å²) in [6.07, 6.45) is 1.34. The second kappa shape index (κ2) is 5.59. The average Bonchev–Trinajstić information content (AvgIpc) is 2.37. The highest BCUT2D eigenvalue weighted by atomic mass is 79.9. The first-order valence-electron chi connectivity index (χ1n) is 5.49. The highest BCUT2D eigenvalue weighted by molar-refractivity contribution is 9.10. The highest BCUT2D eigenvalue weighted by Crippen LogP contribution is 2.25. The molecule has 2 rings (SSSR count). The molecule has 0 aliphatic rings. The van der Waals surface area contributed by atoms with E-state index in [1.54, 1.807) is 13.0 Å². The van der Waals surface area contributed by atoms with Crippen molar-refractivity contribution in [2.45, 2.75) is 11.8 Å². The van der Waals surface area contributed by atoms with Crippen LogP contribution in [-0.4, -0.2) is 13.4 Å². The summed E-state index contributed by atoms with van der Waals surface area (Å²) in [5.74, 6) is 0. The lowest BCUT2D eigenvalue weighted by atomic mass is 10.2. The van der Waals surface area contributed by atoms with Crippen molar-refractivity contribution in [3.8, 4) is 0 Å². The van der Waals surface area contributed by atoms with Gasteiger partial charge in [0.15, 0.2) is 0 Å². The van der Waals surface area contributed by atoms with Crippen LogP contribution in [0.25, 0.3) is 0 Å². The molecule has 3 N–H and O–H groups in total. The fourth-order valence-corrected chi connectivity index (χ4v) is 3.08. The Morgan fingerprint density at radius 3 is 2.65 bits per heavy atom. The lowest BCUT2D eigenvalue weighted by molar-refractivity contribution is 0.601. The number of halogens is 2. The third-order valence-corrected chi connectivity index (χ3v) is 5.11. The maximum absolute atomic E-state index is 12.2. The molecule has 0 atom stereocenters. The van der Waals surface area contributed by atoms with Crippen LogP contribution in [0.2, 0.25) is 5.15 Å². The van der Waals surface area contributed by atoms with Gasteiger partial charge in [-0.05, 0) is 52.7 Å². The number of nitrogens with one attached hydrogen (secondary N) is 1. The number of nitrogen functional groups attached to an aromatic ring is 1. The summed E-state index contributed by atoms with van der Waals surface area (Å²) in [6, 6.07) is 6.05. The second-order valence-corrected chi connectivity index (χ2v) is 7.02. The van der Waals surface area contributed by atoms with E-state index >= 15 is 0 Å². The summed E-state index contributed by atoms with van der Waals surface area (Å²) in [7, 11) is -3.69. The number of benzene rings is 1. The summed E-state index contributed by atoms with van der Waals surface area (Å²) in [5, 5.41) is 0.260. The largest absolute Gasteiger partial charge is 0.399 e. The van der Waals surface area contributed by atoms with E-state index in [1.807, 2.05) is 0 Å². The van der Waals surface area contributed by atoms with E-state index in [-0.39, 0.29) is 10.0 Å². The molecule has 0 fully saturated rings. The molecule has 1 aromatic carbocycles. The Morgan fingerprint density at radius 2 is 2.05 bits per heavy atom. The summed E-state index contributed by atoms with van der Waals surface area (Å²) >= 11 is 8.94. The normalized spacial score (nSPS) is 11.3. The predicted molar refractivity (Wildman–Crippen MR) is 83.3 cm³/mol. The van der Waals surface area contributed by atoms with Crippen LogP contribution in [-0.2, 0) is 10.0 Å². The van der Waals surface area contributed by atoms with Crippen molar-refractivity contribution in [1.29, 1.82) is 0 Å². The number of pyridine rings is 1. The number of hydrogen-bond donors (Lipinski definition) is 2. The molecule has 8 heteroatoms. The summed E-state index contributed by atoms with van der Waals surface area (Å²) in [4.78, 5) is 3.99. The Bertz CT molecular complexity index is 765. The third-order valence-electron chi connectivity index (χ3n) is 2.60. The van der Waals surface area contributed by atoms with Crippen LogP contribution in [0, 0.1) is 6.92 Å². The van der Waals surface area contributed by atoms with Crippen molar-refractivity contribution >= 4 is 48.9 Å². The molecule has 2 aromatic rings. The number of aromatic nitrogens is 1. The van der Waals surface area contributed by atoms with Crippen molar-refractivity contribution in [2.75, 3.05) is 10.5 Å². The summed E-state index contributed by atoms with van der Waals surface area (Å²) in [6.45, 7) is 1.74. The maximum Gasteiger partial charge on any atom is 0.261 e. The van der Waals surface area contributed by atoms with Gasteiger partial charge in [-0.2, -0.15) is 0 Å². The van der Waals surface area contributed by atoms with E-state index in [0.717, 1.165) is 0 Å². The average molecular weight is 377 g/mol. The standard InChI is InChI=1S/C12H11BrClN3O2S/c1-7-4-9(2-3-11(7)15)20(18,19)17-8-5-10(13)12(14)16-6-8/h2-6,17H,15H2,1H3. The number of aryl methyl sites for hydroxylation is 1. The fraction of sp³-hybridized carbons (Fsp3) is 0.0833. The van der Waals surface area contributed by atoms with Gasteiger partial charge < -0.3 is 5.73 Å². The van der Waals surface area contributed by atoms with Crippen molar-refractivity contribution in [1.82, 2.24) is 4.98 Å². The monoisotopic (exact) mass is 375 g/mol. The van der Waals surface area contributed by atoms with Crippen molar-refractivity contribution < 1.29 is 8.42 Å². The van der Waals surface area contributed by atoms with Crippen LogP contribution in [0.15, 0.2) is 39.8 Å². The fourth-order valence-electron chi connectivity index (χ4n) is 1.51. The highest BCUT2D eigenvalue weighted by Gasteiger charge is 2.15. The number of anilines is 2. The van der Waals surface area contributed by atoms with Crippen LogP contribution >= 0.6 is 27.5 Å². The van der Waals surface area contributed by atoms with E-state index in [2.05, 4.69) is 25.6 Å². The van der Waals surface area contributed by atoms with Crippen LogP contribution in [0.5, 0.6) is 0 Å². The van der Waals surface area contributed by atoms with Gasteiger partial charge >= 0.3 is 0 Å². The Balaban J connectivity index is 2.35. The summed E-state index contributed by atoms with van der Waals surface area (Å²) < 4.78 is 27.4. The molecular weight excluding hydrogens is 366 g/mol. The number of nitrogens with zero attached hydrogens (tertiary/aromatic N) is 1. The van der Waals surface area contributed by atoms with Gasteiger partial charge in [-0.15, -0.1) is 0 Å². The number of nitrogens with two attached hydrogens (primary N) is 1. The molecule has 0 bridgehead atoms. The third kappa shape index (κ3) is 3.23. The van der Waals surface area contributed by atoms with Crippen LogP contribution in [0.4, 0.5) is 11.4 Å². The quantitative estimate of drug-likeness (QED) is 0.636. The lowest BCUT2D eigenvalue weighted by Crippen LogP contribution is -2.13. The van der Waals surface area contributed by atoms with Crippen molar-refractivity contribution in [3.05, 3.63) is 45.7 Å². The predicted octanol–water partition coefficient (Wildman–Crippen LogP) is 3.19. The molecule has 1 heterocycles. The molecule has 106 valence electrons. The maximum atomic E-state index is 12.2. The van der Waals surface area contributed by atoms with Crippen LogP contribution < -0.4 is 10.5 Å². The van der Waals surface area contributed by atoms with Gasteiger partial charge in [0.25, 0.3) is 10.0 Å². The molecular formula is C12H11BrClN3O2S. The molecule has 0 spiro atoms. The Morgan fingerprint density at radius 1 is 1.35 bits per heavy atom. The van der Waals surface area contributed by atoms with Gasteiger partial charge in [-0.25, -0.2) is 13.4 Å². The Kier molecular flexibility index (Phi) is 4.22.